The molecule has 0 aromatic carbocycles. The highest BCUT2D eigenvalue weighted by atomic mass is 32.2. The van der Waals surface area contributed by atoms with Crippen molar-refractivity contribution < 1.29 is 53.4 Å². The summed E-state index contributed by atoms with van der Waals surface area (Å²) in [5.41, 5.74) is 16.9. The van der Waals surface area contributed by atoms with Crippen LogP contribution < -0.4 is 54.4 Å². The second-order valence-electron chi connectivity index (χ2n) is 17.8. The van der Waals surface area contributed by atoms with Gasteiger partial charge in [-0.1, -0.05) is 41.5 Å². The number of nitrogens with zero attached hydrogens (tertiary/aromatic N) is 2. The molecule has 0 unspecified atom stereocenters. The smallest absolute Gasteiger partial charge is 0.326 e. The Hall–Kier alpha value is -4.88. The summed E-state index contributed by atoms with van der Waals surface area (Å²) in [5.74, 6) is -7.47. The van der Waals surface area contributed by atoms with Crippen LogP contribution >= 0.6 is 24.4 Å². The molecule has 0 spiro atoms. The molecule has 15 N–H and O–H groups in total. The molecular formula is C42H76N12O11S2. The molecule has 9 atom stereocenters. The first-order valence-electron chi connectivity index (χ1n) is 22.6. The second-order valence-corrected chi connectivity index (χ2v) is 19.1. The van der Waals surface area contributed by atoms with Crippen LogP contribution in [0.3, 0.4) is 0 Å². The van der Waals surface area contributed by atoms with E-state index in [2.05, 4.69) is 54.8 Å². The number of hydrogen-bond donors (Lipinski definition) is 13. The minimum atomic E-state index is -1.66. The molecule has 0 aromatic rings. The summed E-state index contributed by atoms with van der Waals surface area (Å²) in [6, 6.07) is -9.67. The Morgan fingerprint density at radius 3 is 1.81 bits per heavy atom. The molecule has 382 valence electrons. The predicted octanol–water partition coefficient (Wildman–Crippen LogP) is -2.72. The topological polar surface area (TPSA) is 372 Å². The number of aliphatic carboxylic acids is 1. The first-order valence-corrected chi connectivity index (χ1v) is 24.6. The lowest BCUT2D eigenvalue weighted by atomic mass is 10.0. The van der Waals surface area contributed by atoms with Gasteiger partial charge in [0.05, 0.1) is 18.7 Å². The molecule has 0 aliphatic carbocycles. The molecule has 1 aliphatic heterocycles. The maximum atomic E-state index is 13.9. The molecular weight excluding hydrogens is 913 g/mol. The van der Waals surface area contributed by atoms with E-state index in [1.54, 1.807) is 41.5 Å². The van der Waals surface area contributed by atoms with Crippen LogP contribution in [0.1, 0.15) is 93.4 Å². The molecule has 0 saturated carbocycles. The van der Waals surface area contributed by atoms with Crippen LogP contribution in [0.4, 0.5) is 0 Å². The molecule has 1 rings (SSSR count). The number of hydrogen-bond acceptors (Lipinski definition) is 14. The van der Waals surface area contributed by atoms with Crippen molar-refractivity contribution in [2.75, 3.05) is 37.4 Å². The van der Waals surface area contributed by atoms with Crippen molar-refractivity contribution in [3.8, 4) is 0 Å². The number of likely N-dealkylation sites (tertiary alicyclic amines) is 1. The first kappa shape index (κ1) is 60.1. The van der Waals surface area contributed by atoms with E-state index in [1.807, 2.05) is 6.26 Å². The third-order valence-electron chi connectivity index (χ3n) is 10.7. The largest absolute Gasteiger partial charge is 0.480 e. The fourth-order valence-corrected chi connectivity index (χ4v) is 7.62. The fraction of sp³-hybridized carbons (Fsp3) is 0.762. The molecule has 0 aromatic heterocycles. The number of carbonyl (C=O) groups is 9. The van der Waals surface area contributed by atoms with Crippen molar-refractivity contribution in [2.45, 2.75) is 148 Å². The van der Waals surface area contributed by atoms with Crippen molar-refractivity contribution in [1.82, 2.24) is 42.1 Å². The Morgan fingerprint density at radius 2 is 1.27 bits per heavy atom. The van der Waals surface area contributed by atoms with Crippen molar-refractivity contribution in [3.63, 3.8) is 0 Å². The molecule has 0 bridgehead atoms. The molecule has 1 saturated heterocycles. The zero-order chi connectivity index (χ0) is 51.1. The second kappa shape index (κ2) is 30.5. The molecule has 0 radical (unpaired) electrons. The first-order chi connectivity index (χ1) is 31.3. The number of carbonyl (C=O) groups excluding carboxylic acids is 8. The summed E-state index contributed by atoms with van der Waals surface area (Å²) in [6.07, 6.45) is 1.52. The lowest BCUT2D eigenvalue weighted by Gasteiger charge is -2.29. The van der Waals surface area contributed by atoms with Gasteiger partial charge in [-0.3, -0.25) is 43.3 Å². The van der Waals surface area contributed by atoms with E-state index >= 15 is 0 Å². The number of aliphatic hydroxyl groups is 1. The number of nitrogens with two attached hydrogens (primary N) is 3. The van der Waals surface area contributed by atoms with E-state index in [4.69, 9.17) is 17.2 Å². The van der Waals surface area contributed by atoms with E-state index in [0.29, 0.717) is 12.2 Å². The van der Waals surface area contributed by atoms with Gasteiger partial charge in [-0.25, -0.2) is 4.79 Å². The third-order valence-corrected chi connectivity index (χ3v) is 11.7. The van der Waals surface area contributed by atoms with Gasteiger partial charge < -0.3 is 69.5 Å². The number of aliphatic hydroxyl groups excluding tert-OH is 1. The fourth-order valence-electron chi connectivity index (χ4n) is 6.90. The number of nitrogens with one attached hydrogen (secondary N) is 7. The van der Waals surface area contributed by atoms with Gasteiger partial charge >= 0.3 is 5.97 Å². The zero-order valence-corrected chi connectivity index (χ0v) is 41.7. The average molecular weight is 989 g/mol. The molecule has 25 heteroatoms. The van der Waals surface area contributed by atoms with Crippen molar-refractivity contribution in [2.24, 2.45) is 39.9 Å². The zero-order valence-electron chi connectivity index (χ0n) is 40.0. The summed E-state index contributed by atoms with van der Waals surface area (Å²) in [7, 11) is 0. The highest BCUT2D eigenvalue weighted by molar-refractivity contribution is 7.98. The molecule has 1 aliphatic rings. The third kappa shape index (κ3) is 21.7. The highest BCUT2D eigenvalue weighted by Crippen LogP contribution is 2.18. The van der Waals surface area contributed by atoms with Crippen LogP contribution in [0.5, 0.6) is 0 Å². The van der Waals surface area contributed by atoms with E-state index in [9.17, 15) is 53.4 Å². The Labute approximate surface area is 403 Å². The molecule has 1 heterocycles. The predicted molar refractivity (Wildman–Crippen MR) is 257 cm³/mol. The normalized spacial score (nSPS) is 17.2. The average Bonchev–Trinajstić information content (AvgIpc) is 3.75. The summed E-state index contributed by atoms with van der Waals surface area (Å²) in [4.78, 5) is 125. The number of amides is 8. The lowest BCUT2D eigenvalue weighted by Crippen LogP contribution is -2.61. The van der Waals surface area contributed by atoms with Crippen LogP contribution in [0, 0.1) is 17.8 Å². The van der Waals surface area contributed by atoms with Crippen molar-refractivity contribution in [3.05, 3.63) is 0 Å². The Balaban J connectivity index is 3.24. The molecule has 1 fully saturated rings. The number of guanidine groups is 1. The number of rotatable bonds is 30. The van der Waals surface area contributed by atoms with E-state index < -0.39 is 114 Å². The van der Waals surface area contributed by atoms with Crippen molar-refractivity contribution in [1.29, 1.82) is 0 Å². The molecule has 23 nitrogen and oxygen atoms in total. The Kier molecular flexibility index (Phi) is 27.4. The van der Waals surface area contributed by atoms with Crippen LogP contribution in [0.15, 0.2) is 4.99 Å². The molecule has 67 heavy (non-hydrogen) atoms. The van der Waals surface area contributed by atoms with Crippen LogP contribution in [0.25, 0.3) is 0 Å². The maximum absolute atomic E-state index is 13.9. The number of aliphatic imine (C=N–C) groups is 1. The quantitative estimate of drug-likeness (QED) is 0.0151. The SMILES string of the molecule is CSCC[C@H](NC(=O)[C@@H](N)C(C)C)C(=O)NCC(=O)N1CCC[C@H]1C(=O)N[C@@H](CCCN=C(N)N)C(=O)N[C@H](C(=O)N[C@@H](CC(C)C)C(=O)N[C@@H](CS)C(=O)N[C@@H](CC(C)C)C(=O)O)[C@@H](C)O. The van der Waals surface area contributed by atoms with Gasteiger partial charge in [-0.05, 0) is 81.6 Å². The van der Waals surface area contributed by atoms with Gasteiger partial charge in [0.1, 0.15) is 42.3 Å². The minimum Gasteiger partial charge on any atom is -0.480 e. The van der Waals surface area contributed by atoms with Crippen LogP contribution in [0.2, 0.25) is 0 Å². The minimum absolute atomic E-state index is 0.0516. The number of thioether (sulfide) groups is 1. The van der Waals surface area contributed by atoms with Crippen LogP contribution in [-0.4, -0.2) is 166 Å². The van der Waals surface area contributed by atoms with Crippen molar-refractivity contribution >= 4 is 83.6 Å². The number of carboxylic acids is 1. The number of thiol groups is 1. The highest BCUT2D eigenvalue weighted by Gasteiger charge is 2.38. The summed E-state index contributed by atoms with van der Waals surface area (Å²) >= 11 is 5.63. The van der Waals surface area contributed by atoms with E-state index in [1.165, 1.54) is 23.6 Å². The summed E-state index contributed by atoms with van der Waals surface area (Å²) in [6.45, 7) is 11.6. The van der Waals surface area contributed by atoms with Gasteiger partial charge in [-0.2, -0.15) is 24.4 Å². The maximum Gasteiger partial charge on any atom is 0.326 e. The summed E-state index contributed by atoms with van der Waals surface area (Å²) in [5, 5.41) is 38.1. The summed E-state index contributed by atoms with van der Waals surface area (Å²) < 4.78 is 0. The Morgan fingerprint density at radius 1 is 0.731 bits per heavy atom. The van der Waals surface area contributed by atoms with E-state index in [-0.39, 0.29) is 81.1 Å². The van der Waals surface area contributed by atoms with Gasteiger partial charge in [0, 0.05) is 18.8 Å². The monoisotopic (exact) mass is 989 g/mol. The van der Waals surface area contributed by atoms with Gasteiger partial charge in [0.2, 0.25) is 47.3 Å². The number of carboxylic acid groups (broad SMARTS) is 1. The standard InChI is InChI=1S/C42H76N12O11S2/c1-21(2)17-27(36(59)52-29(20-66)37(60)51-28(41(64)65)18-22(3)4)50-40(63)33(24(7)55)53-35(58)25(11-9-14-46-42(44)45)48-38(61)30-12-10-15-54(30)31(56)19-47-34(57)26(13-16-67-8)49-39(62)32(43)23(5)6/h21-30,32-33,55,66H,9-20,43H2,1-8H3,(H,47,57)(H,48,61)(H,49,62)(H,50,63)(H,51,60)(H,52,59)(H,53,58)(H,64,65)(H4,44,45,46)/t24-,25+,26+,27+,28+,29+,30+,32+,33+/m1/s1. The van der Waals surface area contributed by atoms with Gasteiger partial charge in [-0.15, -0.1) is 0 Å². The van der Waals surface area contributed by atoms with Gasteiger partial charge in [0.15, 0.2) is 5.96 Å². The van der Waals surface area contributed by atoms with E-state index in [0.717, 1.165) is 0 Å². The molecule has 8 amide bonds. The van der Waals surface area contributed by atoms with Crippen LogP contribution in [-0.2, 0) is 43.2 Å². The lowest BCUT2D eigenvalue weighted by molar-refractivity contribution is -0.142. The Bertz CT molecular complexity index is 1720. The van der Waals surface area contributed by atoms with Gasteiger partial charge in [0.25, 0.3) is 0 Å².